The second kappa shape index (κ2) is 9.51. The van der Waals surface area contributed by atoms with Crippen molar-refractivity contribution in [2.45, 2.75) is 32.2 Å². The van der Waals surface area contributed by atoms with Crippen LogP contribution in [0.1, 0.15) is 13.8 Å². The SMILES string of the molecule is CCOC(C[Si]CCCl)OCC. The van der Waals surface area contributed by atoms with Crippen molar-refractivity contribution in [2.75, 3.05) is 19.1 Å². The van der Waals surface area contributed by atoms with E-state index in [1.54, 1.807) is 0 Å². The normalized spacial score (nSPS) is 11.0. The fraction of sp³-hybridized carbons (Fsp3) is 1.00. The Bertz CT molecular complexity index is 87.1. The van der Waals surface area contributed by atoms with Crippen LogP contribution >= 0.6 is 11.6 Å². The molecule has 0 spiro atoms. The molecule has 0 aliphatic rings. The van der Waals surface area contributed by atoms with Crippen molar-refractivity contribution in [3.8, 4) is 0 Å². The van der Waals surface area contributed by atoms with Gasteiger partial charge in [-0.3, -0.25) is 0 Å². The Balaban J connectivity index is 3.34. The van der Waals surface area contributed by atoms with E-state index in [0.29, 0.717) is 0 Å². The molecule has 12 heavy (non-hydrogen) atoms. The Hall–Kier alpha value is 0.427. The van der Waals surface area contributed by atoms with Gasteiger partial charge in [-0.05, 0) is 25.9 Å². The number of alkyl halides is 1. The Morgan fingerprint density at radius 1 is 1.25 bits per heavy atom. The van der Waals surface area contributed by atoms with E-state index in [1.165, 1.54) is 0 Å². The maximum absolute atomic E-state index is 5.56. The molecule has 0 aromatic carbocycles. The Labute approximate surface area is 82.4 Å². The van der Waals surface area contributed by atoms with E-state index in [0.717, 1.165) is 40.7 Å². The fourth-order valence-electron chi connectivity index (χ4n) is 0.824. The van der Waals surface area contributed by atoms with Crippen molar-refractivity contribution in [1.82, 2.24) is 0 Å². The van der Waals surface area contributed by atoms with Gasteiger partial charge in [-0.15, -0.1) is 11.6 Å². The van der Waals surface area contributed by atoms with Gasteiger partial charge in [0.15, 0.2) is 6.29 Å². The molecule has 0 atom stereocenters. The van der Waals surface area contributed by atoms with E-state index in [1.807, 2.05) is 13.8 Å². The molecule has 0 aliphatic heterocycles. The molecule has 0 amide bonds. The average Bonchev–Trinajstić information content (AvgIpc) is 2.06. The van der Waals surface area contributed by atoms with Gasteiger partial charge in [0.25, 0.3) is 0 Å². The van der Waals surface area contributed by atoms with Crippen molar-refractivity contribution < 1.29 is 9.47 Å². The minimum atomic E-state index is -0.0125. The summed E-state index contributed by atoms with van der Waals surface area (Å²) in [6.45, 7) is 5.40. The van der Waals surface area contributed by atoms with Crippen LogP contribution in [-0.4, -0.2) is 34.9 Å². The van der Waals surface area contributed by atoms with Gasteiger partial charge in [-0.2, -0.15) is 0 Å². The summed E-state index contributed by atoms with van der Waals surface area (Å²) < 4.78 is 10.7. The van der Waals surface area contributed by atoms with Crippen LogP contribution in [0.15, 0.2) is 0 Å². The van der Waals surface area contributed by atoms with Crippen molar-refractivity contribution in [2.24, 2.45) is 0 Å². The second-order valence-corrected chi connectivity index (χ2v) is 4.02. The zero-order valence-electron chi connectivity index (χ0n) is 7.81. The standard InChI is InChI=1S/C8H17ClO2Si/c1-3-10-8(11-4-2)7-12-6-5-9/h8H,3-7H2,1-2H3. The highest BCUT2D eigenvalue weighted by atomic mass is 35.5. The number of rotatable bonds is 8. The molecule has 0 bridgehead atoms. The first kappa shape index (κ1) is 12.4. The van der Waals surface area contributed by atoms with Gasteiger partial charge in [-0.25, -0.2) is 0 Å². The van der Waals surface area contributed by atoms with Crippen LogP contribution in [0.5, 0.6) is 0 Å². The third-order valence-corrected chi connectivity index (χ3v) is 3.02. The molecule has 0 aliphatic carbocycles. The van der Waals surface area contributed by atoms with Crippen molar-refractivity contribution in [3.63, 3.8) is 0 Å². The summed E-state index contributed by atoms with van der Waals surface area (Å²) in [5, 5.41) is 0. The third-order valence-electron chi connectivity index (χ3n) is 1.29. The molecular weight excluding hydrogens is 192 g/mol. The van der Waals surface area contributed by atoms with E-state index in [9.17, 15) is 0 Å². The summed E-state index contributed by atoms with van der Waals surface area (Å²) in [6.07, 6.45) is -0.0125. The molecule has 0 unspecified atom stereocenters. The predicted molar refractivity (Wildman–Crippen MR) is 53.1 cm³/mol. The lowest BCUT2D eigenvalue weighted by atomic mass is 10.7. The summed E-state index contributed by atoms with van der Waals surface area (Å²) in [7, 11) is 0.850. The maximum Gasteiger partial charge on any atom is 0.154 e. The summed E-state index contributed by atoms with van der Waals surface area (Å²) in [4.78, 5) is 0. The van der Waals surface area contributed by atoms with Gasteiger partial charge in [0, 0.05) is 28.6 Å². The van der Waals surface area contributed by atoms with Gasteiger partial charge in [0.1, 0.15) is 0 Å². The number of halogens is 1. The molecule has 2 radical (unpaired) electrons. The first-order chi connectivity index (χ1) is 5.85. The largest absolute Gasteiger partial charge is 0.353 e. The molecule has 72 valence electrons. The first-order valence-electron chi connectivity index (χ1n) is 4.35. The minimum Gasteiger partial charge on any atom is -0.353 e. The lowest BCUT2D eigenvalue weighted by molar-refractivity contribution is -0.123. The monoisotopic (exact) mass is 208 g/mol. The van der Waals surface area contributed by atoms with Crippen LogP contribution in [0.2, 0.25) is 12.1 Å². The summed E-state index contributed by atoms with van der Waals surface area (Å²) in [6, 6.07) is 2.05. The van der Waals surface area contributed by atoms with Gasteiger partial charge in [0.2, 0.25) is 0 Å². The van der Waals surface area contributed by atoms with Crippen LogP contribution in [0.3, 0.4) is 0 Å². The van der Waals surface area contributed by atoms with E-state index in [-0.39, 0.29) is 6.29 Å². The smallest absolute Gasteiger partial charge is 0.154 e. The van der Waals surface area contributed by atoms with Crippen LogP contribution < -0.4 is 0 Å². The molecule has 2 nitrogen and oxygen atoms in total. The van der Waals surface area contributed by atoms with Crippen LogP contribution in [-0.2, 0) is 9.47 Å². The molecule has 0 saturated heterocycles. The Kier molecular flexibility index (Phi) is 9.85. The van der Waals surface area contributed by atoms with Crippen LogP contribution in [0.25, 0.3) is 0 Å². The predicted octanol–water partition coefficient (Wildman–Crippen LogP) is 2.17. The van der Waals surface area contributed by atoms with Gasteiger partial charge in [-0.1, -0.05) is 0 Å². The molecule has 0 aromatic rings. The summed E-state index contributed by atoms with van der Waals surface area (Å²) in [5.41, 5.74) is 0. The molecule has 0 rings (SSSR count). The van der Waals surface area contributed by atoms with E-state index in [4.69, 9.17) is 21.1 Å². The molecule has 0 saturated carbocycles. The fourth-order valence-corrected chi connectivity index (χ4v) is 2.03. The zero-order chi connectivity index (χ0) is 9.23. The van der Waals surface area contributed by atoms with Crippen LogP contribution in [0, 0.1) is 0 Å². The third kappa shape index (κ3) is 7.10. The first-order valence-corrected chi connectivity index (χ1v) is 6.29. The molecule has 0 N–H and O–H groups in total. The highest BCUT2D eigenvalue weighted by Crippen LogP contribution is 2.02. The number of ether oxygens (including phenoxy) is 2. The maximum atomic E-state index is 5.56. The van der Waals surface area contributed by atoms with Crippen molar-refractivity contribution in [1.29, 1.82) is 0 Å². The molecule has 0 aromatic heterocycles. The molecule has 4 heteroatoms. The van der Waals surface area contributed by atoms with Gasteiger partial charge >= 0.3 is 0 Å². The molecule has 0 fully saturated rings. The lowest BCUT2D eigenvalue weighted by Gasteiger charge is -2.15. The van der Waals surface area contributed by atoms with Crippen molar-refractivity contribution in [3.05, 3.63) is 0 Å². The van der Waals surface area contributed by atoms with Gasteiger partial charge in [0.05, 0.1) is 0 Å². The average molecular weight is 209 g/mol. The van der Waals surface area contributed by atoms with Crippen LogP contribution in [0.4, 0.5) is 0 Å². The van der Waals surface area contributed by atoms with Crippen molar-refractivity contribution >= 4 is 21.1 Å². The topological polar surface area (TPSA) is 18.5 Å². The molecular formula is C8H17ClO2Si. The highest BCUT2D eigenvalue weighted by molar-refractivity contribution is 6.38. The Morgan fingerprint density at radius 3 is 2.25 bits per heavy atom. The highest BCUT2D eigenvalue weighted by Gasteiger charge is 2.06. The molecule has 0 heterocycles. The minimum absolute atomic E-state index is 0.0125. The summed E-state index contributed by atoms with van der Waals surface area (Å²) >= 11 is 5.56. The second-order valence-electron chi connectivity index (χ2n) is 2.23. The van der Waals surface area contributed by atoms with E-state index < -0.39 is 0 Å². The zero-order valence-corrected chi connectivity index (χ0v) is 9.56. The quantitative estimate of drug-likeness (QED) is 0.264. The lowest BCUT2D eigenvalue weighted by Crippen LogP contribution is -2.19. The van der Waals surface area contributed by atoms with E-state index in [2.05, 4.69) is 0 Å². The van der Waals surface area contributed by atoms with Gasteiger partial charge < -0.3 is 9.47 Å². The number of hydrogen-bond donors (Lipinski definition) is 0. The summed E-state index contributed by atoms with van der Waals surface area (Å²) in [5.74, 6) is 0.739. The Morgan fingerprint density at radius 2 is 1.83 bits per heavy atom. The number of hydrogen-bond acceptors (Lipinski definition) is 2. The van der Waals surface area contributed by atoms with E-state index >= 15 is 0 Å².